The molecule has 0 bridgehead atoms. The van der Waals surface area contributed by atoms with E-state index in [1.165, 1.54) is 0 Å². The molecule has 152 valence electrons. The van der Waals surface area contributed by atoms with Crippen LogP contribution in [0.1, 0.15) is 29.2 Å². The molecule has 0 amide bonds. The zero-order valence-electron chi connectivity index (χ0n) is 16.8. The van der Waals surface area contributed by atoms with E-state index < -0.39 is 0 Å². The SMILES string of the molecule is CCOc1cc(/C=C(\C#N)c2ccc(C)cc2)cc(Cl)c1OCc1ccccc1Cl. The van der Waals surface area contributed by atoms with Crippen molar-refractivity contribution < 1.29 is 9.47 Å². The number of halogens is 2. The number of nitrogens with zero attached hydrogens (tertiary/aromatic N) is 1. The van der Waals surface area contributed by atoms with Gasteiger partial charge >= 0.3 is 0 Å². The highest BCUT2D eigenvalue weighted by atomic mass is 35.5. The molecule has 0 N–H and O–H groups in total. The van der Waals surface area contributed by atoms with E-state index in [1.807, 2.05) is 68.4 Å². The van der Waals surface area contributed by atoms with Crippen molar-refractivity contribution in [2.45, 2.75) is 20.5 Å². The van der Waals surface area contributed by atoms with Crippen LogP contribution in [-0.2, 0) is 6.61 Å². The number of nitriles is 1. The lowest BCUT2D eigenvalue weighted by molar-refractivity contribution is 0.269. The predicted octanol–water partition coefficient (Wildman–Crippen LogP) is 7.34. The van der Waals surface area contributed by atoms with Gasteiger partial charge in [-0.2, -0.15) is 5.26 Å². The maximum Gasteiger partial charge on any atom is 0.180 e. The van der Waals surface area contributed by atoms with E-state index in [2.05, 4.69) is 6.07 Å². The summed E-state index contributed by atoms with van der Waals surface area (Å²) in [7, 11) is 0. The van der Waals surface area contributed by atoms with Crippen LogP contribution in [0.25, 0.3) is 11.6 Å². The molecule has 30 heavy (non-hydrogen) atoms. The van der Waals surface area contributed by atoms with Crippen molar-refractivity contribution in [3.8, 4) is 17.6 Å². The van der Waals surface area contributed by atoms with Crippen molar-refractivity contribution in [3.05, 3.63) is 93.0 Å². The average Bonchev–Trinajstić information content (AvgIpc) is 2.73. The molecule has 0 spiro atoms. The van der Waals surface area contributed by atoms with Gasteiger partial charge in [0.05, 0.1) is 23.3 Å². The molecule has 0 aromatic heterocycles. The van der Waals surface area contributed by atoms with E-state index in [4.69, 9.17) is 32.7 Å². The van der Waals surface area contributed by atoms with Crippen molar-refractivity contribution >= 4 is 34.9 Å². The number of rotatable bonds is 7. The van der Waals surface area contributed by atoms with Gasteiger partial charge in [0, 0.05) is 10.6 Å². The molecule has 3 rings (SSSR count). The Kier molecular flexibility index (Phi) is 7.41. The average molecular weight is 438 g/mol. The summed E-state index contributed by atoms with van der Waals surface area (Å²) < 4.78 is 11.7. The second-order valence-electron chi connectivity index (χ2n) is 6.68. The van der Waals surface area contributed by atoms with E-state index in [0.717, 1.165) is 22.3 Å². The molecule has 0 atom stereocenters. The van der Waals surface area contributed by atoms with Crippen LogP contribution in [0.2, 0.25) is 10.0 Å². The topological polar surface area (TPSA) is 42.2 Å². The molecule has 0 saturated heterocycles. The van der Waals surface area contributed by atoms with E-state index >= 15 is 0 Å². The van der Waals surface area contributed by atoms with Gasteiger partial charge in [-0.05, 0) is 49.2 Å². The quantitative estimate of drug-likeness (QED) is 0.286. The van der Waals surface area contributed by atoms with E-state index in [1.54, 1.807) is 12.1 Å². The lowest BCUT2D eigenvalue weighted by Crippen LogP contribution is -2.01. The molecule has 0 fully saturated rings. The van der Waals surface area contributed by atoms with Crippen molar-refractivity contribution in [2.24, 2.45) is 0 Å². The fourth-order valence-corrected chi connectivity index (χ4v) is 3.38. The van der Waals surface area contributed by atoms with Gasteiger partial charge in [0.25, 0.3) is 0 Å². The number of hydrogen-bond donors (Lipinski definition) is 0. The van der Waals surface area contributed by atoms with Gasteiger partial charge in [-0.15, -0.1) is 0 Å². The Morgan fingerprint density at radius 3 is 2.40 bits per heavy atom. The van der Waals surface area contributed by atoms with Gasteiger partial charge in [-0.3, -0.25) is 0 Å². The highest BCUT2D eigenvalue weighted by Gasteiger charge is 2.14. The van der Waals surface area contributed by atoms with Gasteiger partial charge in [0.2, 0.25) is 0 Å². The number of hydrogen-bond acceptors (Lipinski definition) is 3. The fraction of sp³-hybridized carbons (Fsp3) is 0.160. The number of benzene rings is 3. The number of allylic oxidation sites excluding steroid dienone is 1. The van der Waals surface area contributed by atoms with Gasteiger partial charge in [0.15, 0.2) is 11.5 Å². The summed E-state index contributed by atoms with van der Waals surface area (Å²) in [5.74, 6) is 0.967. The number of aryl methyl sites for hydroxylation is 1. The lowest BCUT2D eigenvalue weighted by atomic mass is 10.0. The molecule has 0 unspecified atom stereocenters. The van der Waals surface area contributed by atoms with Crippen molar-refractivity contribution in [1.29, 1.82) is 5.26 Å². The first-order chi connectivity index (χ1) is 14.5. The van der Waals surface area contributed by atoms with Crippen LogP contribution >= 0.6 is 23.2 Å². The summed E-state index contributed by atoms with van der Waals surface area (Å²) in [5.41, 5.74) is 4.13. The second-order valence-corrected chi connectivity index (χ2v) is 7.49. The highest BCUT2D eigenvalue weighted by Crippen LogP contribution is 2.38. The molecule has 0 aliphatic heterocycles. The molecule has 3 nitrogen and oxygen atoms in total. The number of ether oxygens (including phenoxy) is 2. The van der Waals surface area contributed by atoms with Crippen LogP contribution in [-0.4, -0.2) is 6.61 Å². The van der Waals surface area contributed by atoms with Crippen LogP contribution in [0.5, 0.6) is 11.5 Å². The molecular formula is C25H21Cl2NO2. The van der Waals surface area contributed by atoms with Gasteiger partial charge < -0.3 is 9.47 Å². The lowest BCUT2D eigenvalue weighted by Gasteiger charge is -2.15. The van der Waals surface area contributed by atoms with Gasteiger partial charge in [-0.25, -0.2) is 0 Å². The third kappa shape index (κ3) is 5.36. The summed E-state index contributed by atoms with van der Waals surface area (Å²) >= 11 is 12.7. The van der Waals surface area contributed by atoms with Crippen LogP contribution < -0.4 is 9.47 Å². The van der Waals surface area contributed by atoms with Crippen LogP contribution in [0, 0.1) is 18.3 Å². The Morgan fingerprint density at radius 1 is 1.00 bits per heavy atom. The minimum absolute atomic E-state index is 0.265. The third-order valence-corrected chi connectivity index (χ3v) is 5.11. The molecule has 0 radical (unpaired) electrons. The first-order valence-corrected chi connectivity index (χ1v) is 10.3. The van der Waals surface area contributed by atoms with Crippen LogP contribution in [0.15, 0.2) is 60.7 Å². The minimum atomic E-state index is 0.265. The predicted molar refractivity (Wildman–Crippen MR) is 123 cm³/mol. The fourth-order valence-electron chi connectivity index (χ4n) is 2.92. The Hall–Kier alpha value is -2.93. The van der Waals surface area contributed by atoms with E-state index in [9.17, 15) is 5.26 Å². The molecule has 3 aromatic carbocycles. The Labute approximate surface area is 187 Å². The maximum atomic E-state index is 9.62. The van der Waals surface area contributed by atoms with Gasteiger partial charge in [-0.1, -0.05) is 71.2 Å². The first-order valence-electron chi connectivity index (χ1n) is 9.53. The van der Waals surface area contributed by atoms with Crippen molar-refractivity contribution in [1.82, 2.24) is 0 Å². The highest BCUT2D eigenvalue weighted by molar-refractivity contribution is 6.32. The Balaban J connectivity index is 1.93. The van der Waals surface area contributed by atoms with E-state index in [-0.39, 0.29) is 6.61 Å². The minimum Gasteiger partial charge on any atom is -0.490 e. The first kappa shape index (κ1) is 21.8. The Morgan fingerprint density at radius 2 is 1.73 bits per heavy atom. The van der Waals surface area contributed by atoms with Crippen LogP contribution in [0.3, 0.4) is 0 Å². The molecular weight excluding hydrogens is 417 g/mol. The molecule has 5 heteroatoms. The summed E-state index contributed by atoms with van der Waals surface area (Å²) in [6, 6.07) is 21.1. The molecule has 0 saturated carbocycles. The van der Waals surface area contributed by atoms with Crippen molar-refractivity contribution in [3.63, 3.8) is 0 Å². The van der Waals surface area contributed by atoms with Crippen molar-refractivity contribution in [2.75, 3.05) is 6.61 Å². The molecule has 0 aliphatic rings. The zero-order chi connectivity index (χ0) is 21.5. The summed E-state index contributed by atoms with van der Waals surface area (Å²) in [6.07, 6.45) is 1.79. The molecule has 0 aliphatic carbocycles. The standard InChI is InChI=1S/C25H21Cl2NO2/c1-3-29-24-14-18(12-21(15-28)19-10-8-17(2)9-11-19)13-23(27)25(24)30-16-20-6-4-5-7-22(20)26/h4-14H,3,16H2,1-2H3/b21-12+. The smallest absolute Gasteiger partial charge is 0.180 e. The molecule has 3 aromatic rings. The van der Waals surface area contributed by atoms with Crippen LogP contribution in [0.4, 0.5) is 0 Å². The second kappa shape index (κ2) is 10.2. The monoisotopic (exact) mass is 437 g/mol. The summed E-state index contributed by atoms with van der Waals surface area (Å²) in [4.78, 5) is 0. The largest absolute Gasteiger partial charge is 0.490 e. The third-order valence-electron chi connectivity index (χ3n) is 4.46. The zero-order valence-corrected chi connectivity index (χ0v) is 18.3. The van der Waals surface area contributed by atoms with Gasteiger partial charge in [0.1, 0.15) is 6.61 Å². The normalized spacial score (nSPS) is 11.1. The molecule has 0 heterocycles. The summed E-state index contributed by atoms with van der Waals surface area (Å²) in [5, 5.41) is 10.7. The van der Waals surface area contributed by atoms with E-state index in [0.29, 0.717) is 33.7 Å². The summed E-state index contributed by atoms with van der Waals surface area (Å²) in [6.45, 7) is 4.62. The Bertz CT molecular complexity index is 1100. The maximum absolute atomic E-state index is 9.62.